The summed E-state index contributed by atoms with van der Waals surface area (Å²) in [6, 6.07) is 8.97. The fraction of sp³-hybridized carbons (Fsp3) is 0.286. The molecular weight excluding hydrogens is 408 g/mol. The molecule has 0 aliphatic rings. The van der Waals surface area contributed by atoms with Crippen molar-refractivity contribution in [2.45, 2.75) is 25.7 Å². The van der Waals surface area contributed by atoms with Crippen LogP contribution < -0.4 is 10.1 Å². The lowest BCUT2D eigenvalue weighted by atomic mass is 10.1. The molecule has 1 amide bonds. The molecule has 30 heavy (non-hydrogen) atoms. The molecular formula is C21H24N2O6S. The summed E-state index contributed by atoms with van der Waals surface area (Å²) in [6.07, 6.45) is 0. The third-order valence-corrected chi connectivity index (χ3v) is 6.95. The first kappa shape index (κ1) is 21.7. The van der Waals surface area contributed by atoms with Crippen LogP contribution in [0.25, 0.3) is 11.0 Å². The molecule has 0 bridgehead atoms. The topological polar surface area (TPSA) is 109 Å². The molecule has 1 heterocycles. The third kappa shape index (κ3) is 3.86. The smallest absolute Gasteiger partial charge is 0.291 e. The normalized spacial score (nSPS) is 11.8. The Morgan fingerprint density at radius 1 is 1.17 bits per heavy atom. The van der Waals surface area contributed by atoms with Gasteiger partial charge < -0.3 is 19.6 Å². The number of hydrogen-bond acceptors (Lipinski definition) is 6. The summed E-state index contributed by atoms with van der Waals surface area (Å²) in [5.41, 5.74) is 1.10. The van der Waals surface area contributed by atoms with Crippen molar-refractivity contribution in [3.05, 3.63) is 47.7 Å². The summed E-state index contributed by atoms with van der Waals surface area (Å²) in [5, 5.41) is 13.4. The minimum atomic E-state index is -3.74. The molecule has 0 unspecified atom stereocenters. The SMILES string of the molecule is CCN(CC)S(=O)(=O)c1ccc(O)c(NC(=O)c2oc3ccc(OC)cc3c2C)c1. The van der Waals surface area contributed by atoms with Crippen molar-refractivity contribution in [3.8, 4) is 11.5 Å². The third-order valence-electron chi connectivity index (χ3n) is 4.91. The summed E-state index contributed by atoms with van der Waals surface area (Å²) in [5.74, 6) is -0.160. The zero-order valence-electron chi connectivity index (χ0n) is 17.2. The van der Waals surface area contributed by atoms with Crippen molar-refractivity contribution >= 4 is 32.6 Å². The molecule has 8 nitrogen and oxygen atoms in total. The second kappa shape index (κ2) is 8.37. The van der Waals surface area contributed by atoms with Gasteiger partial charge in [-0.1, -0.05) is 13.8 Å². The highest BCUT2D eigenvalue weighted by molar-refractivity contribution is 7.89. The number of phenols is 1. The molecule has 1 aromatic heterocycles. The number of rotatable bonds is 7. The number of sulfonamides is 1. The van der Waals surface area contributed by atoms with Crippen LogP contribution in [0.1, 0.15) is 30.0 Å². The number of ether oxygens (including phenoxy) is 1. The van der Waals surface area contributed by atoms with Crippen LogP contribution in [0.5, 0.6) is 11.5 Å². The Balaban J connectivity index is 1.96. The van der Waals surface area contributed by atoms with E-state index in [-0.39, 0.29) is 22.1 Å². The van der Waals surface area contributed by atoms with Crippen LogP contribution >= 0.6 is 0 Å². The summed E-state index contributed by atoms with van der Waals surface area (Å²) >= 11 is 0. The first-order valence-electron chi connectivity index (χ1n) is 9.44. The second-order valence-electron chi connectivity index (χ2n) is 6.64. The number of nitrogens with zero attached hydrogens (tertiary/aromatic N) is 1. The van der Waals surface area contributed by atoms with Crippen molar-refractivity contribution in [3.63, 3.8) is 0 Å². The standard InChI is InChI=1S/C21H24N2O6S/c1-5-23(6-2)30(26,27)15-8-9-18(24)17(12-15)22-21(25)20-13(3)16-11-14(28-4)7-10-19(16)29-20/h7-12,24H,5-6H2,1-4H3,(H,22,25). The molecule has 2 aromatic carbocycles. The molecule has 2 N–H and O–H groups in total. The minimum absolute atomic E-state index is 0.0225. The lowest BCUT2D eigenvalue weighted by Crippen LogP contribution is -2.30. The van der Waals surface area contributed by atoms with Gasteiger partial charge in [-0.3, -0.25) is 4.79 Å². The number of benzene rings is 2. The highest BCUT2D eigenvalue weighted by Crippen LogP contribution is 2.31. The molecule has 0 fully saturated rings. The van der Waals surface area contributed by atoms with Crippen molar-refractivity contribution < 1.29 is 27.5 Å². The average molecular weight is 432 g/mol. The van der Waals surface area contributed by atoms with Crippen LogP contribution in [0.3, 0.4) is 0 Å². The van der Waals surface area contributed by atoms with E-state index in [1.807, 2.05) is 0 Å². The molecule has 0 aliphatic heterocycles. The predicted molar refractivity (Wildman–Crippen MR) is 114 cm³/mol. The second-order valence-corrected chi connectivity index (χ2v) is 8.58. The first-order chi connectivity index (χ1) is 14.2. The van der Waals surface area contributed by atoms with Gasteiger partial charge in [0, 0.05) is 24.0 Å². The fourth-order valence-electron chi connectivity index (χ4n) is 3.21. The van der Waals surface area contributed by atoms with Crippen molar-refractivity contribution in [1.82, 2.24) is 4.31 Å². The maximum absolute atomic E-state index is 12.8. The van der Waals surface area contributed by atoms with E-state index in [0.29, 0.717) is 30.0 Å². The molecule has 0 saturated heterocycles. The first-order valence-corrected chi connectivity index (χ1v) is 10.9. The molecule has 0 saturated carbocycles. The molecule has 0 aliphatic carbocycles. The van der Waals surface area contributed by atoms with E-state index in [9.17, 15) is 18.3 Å². The highest BCUT2D eigenvalue weighted by atomic mass is 32.2. The van der Waals surface area contributed by atoms with Crippen LogP contribution in [0.4, 0.5) is 5.69 Å². The number of methoxy groups -OCH3 is 1. The minimum Gasteiger partial charge on any atom is -0.506 e. The average Bonchev–Trinajstić information content (AvgIpc) is 3.06. The number of aryl methyl sites for hydroxylation is 1. The largest absolute Gasteiger partial charge is 0.506 e. The predicted octanol–water partition coefficient (Wildman–Crippen LogP) is 3.74. The fourth-order valence-corrected chi connectivity index (χ4v) is 4.70. The molecule has 160 valence electrons. The van der Waals surface area contributed by atoms with E-state index < -0.39 is 15.9 Å². The number of nitrogens with one attached hydrogen (secondary N) is 1. The van der Waals surface area contributed by atoms with Crippen LogP contribution in [0.15, 0.2) is 45.7 Å². The van der Waals surface area contributed by atoms with Crippen LogP contribution in [0.2, 0.25) is 0 Å². The number of furan rings is 1. The molecule has 0 atom stereocenters. The highest BCUT2D eigenvalue weighted by Gasteiger charge is 2.24. The Bertz CT molecular complexity index is 1200. The van der Waals surface area contributed by atoms with Crippen molar-refractivity contribution in [2.24, 2.45) is 0 Å². The van der Waals surface area contributed by atoms with Crippen molar-refractivity contribution in [1.29, 1.82) is 0 Å². The maximum Gasteiger partial charge on any atom is 0.291 e. The number of fused-ring (bicyclic) bond motifs is 1. The Morgan fingerprint density at radius 2 is 1.87 bits per heavy atom. The monoisotopic (exact) mass is 432 g/mol. The maximum atomic E-state index is 12.8. The van der Waals surface area contributed by atoms with Crippen LogP contribution in [0, 0.1) is 6.92 Å². The van der Waals surface area contributed by atoms with Gasteiger partial charge in [0.2, 0.25) is 10.0 Å². The van der Waals surface area contributed by atoms with Gasteiger partial charge in [-0.25, -0.2) is 8.42 Å². The van der Waals surface area contributed by atoms with E-state index in [0.717, 1.165) is 5.39 Å². The Labute approximate surface area is 175 Å². The zero-order valence-corrected chi connectivity index (χ0v) is 18.0. The van der Waals surface area contributed by atoms with Crippen LogP contribution in [-0.4, -0.2) is 43.9 Å². The van der Waals surface area contributed by atoms with E-state index in [4.69, 9.17) is 9.15 Å². The number of carbonyl (C=O) groups excluding carboxylic acids is 1. The van der Waals surface area contributed by atoms with Gasteiger partial charge in [0.15, 0.2) is 5.76 Å². The quantitative estimate of drug-likeness (QED) is 0.551. The summed E-state index contributed by atoms with van der Waals surface area (Å²) in [4.78, 5) is 12.8. The van der Waals surface area contributed by atoms with E-state index >= 15 is 0 Å². The van der Waals surface area contributed by atoms with E-state index in [2.05, 4.69) is 5.32 Å². The summed E-state index contributed by atoms with van der Waals surface area (Å²) in [7, 11) is -2.20. The Hall–Kier alpha value is -3.04. The number of hydrogen-bond donors (Lipinski definition) is 2. The summed E-state index contributed by atoms with van der Waals surface area (Å²) < 4.78 is 37.7. The number of anilines is 1. The van der Waals surface area contributed by atoms with Gasteiger partial charge >= 0.3 is 0 Å². The van der Waals surface area contributed by atoms with E-state index in [1.165, 1.54) is 22.5 Å². The summed E-state index contributed by atoms with van der Waals surface area (Å²) in [6.45, 7) is 5.83. The molecule has 0 radical (unpaired) electrons. The van der Waals surface area contributed by atoms with E-state index in [1.54, 1.807) is 46.1 Å². The Kier molecular flexibility index (Phi) is 6.04. The lowest BCUT2D eigenvalue weighted by molar-refractivity contribution is 0.0997. The van der Waals surface area contributed by atoms with Gasteiger partial charge in [-0.2, -0.15) is 4.31 Å². The van der Waals surface area contributed by atoms with Gasteiger partial charge in [-0.15, -0.1) is 0 Å². The molecule has 3 aromatic rings. The van der Waals surface area contributed by atoms with Crippen LogP contribution in [-0.2, 0) is 10.0 Å². The Morgan fingerprint density at radius 3 is 2.50 bits per heavy atom. The molecule has 0 spiro atoms. The number of amides is 1. The van der Waals surface area contributed by atoms with Crippen molar-refractivity contribution in [2.75, 3.05) is 25.5 Å². The number of carbonyl (C=O) groups is 1. The lowest BCUT2D eigenvalue weighted by Gasteiger charge is -2.19. The number of aromatic hydroxyl groups is 1. The molecule has 3 rings (SSSR count). The molecule has 9 heteroatoms. The van der Waals surface area contributed by atoms with Gasteiger partial charge in [0.25, 0.3) is 5.91 Å². The number of phenolic OH excluding ortho intramolecular Hbond substituents is 1. The zero-order chi connectivity index (χ0) is 22.1. The van der Waals surface area contributed by atoms with Gasteiger partial charge in [0.05, 0.1) is 17.7 Å². The van der Waals surface area contributed by atoms with Gasteiger partial charge in [-0.05, 0) is 43.3 Å². The van der Waals surface area contributed by atoms with Gasteiger partial charge in [0.1, 0.15) is 17.1 Å².